The van der Waals surface area contributed by atoms with E-state index in [1.54, 1.807) is 11.3 Å². The van der Waals surface area contributed by atoms with E-state index >= 15 is 0 Å². The lowest BCUT2D eigenvalue weighted by molar-refractivity contribution is 0.0961. The van der Waals surface area contributed by atoms with Crippen LogP contribution in [-0.2, 0) is 0 Å². The van der Waals surface area contributed by atoms with Gasteiger partial charge >= 0.3 is 0 Å². The quantitative estimate of drug-likeness (QED) is 0.685. The van der Waals surface area contributed by atoms with E-state index in [9.17, 15) is 4.79 Å². The van der Waals surface area contributed by atoms with Crippen molar-refractivity contribution >= 4 is 27.2 Å². The molecule has 0 aliphatic carbocycles. The second-order valence-electron chi connectivity index (χ2n) is 4.46. The van der Waals surface area contributed by atoms with Crippen LogP contribution in [0.2, 0.25) is 0 Å². The van der Waals surface area contributed by atoms with E-state index in [2.05, 4.69) is 19.9 Å². The molecule has 0 aliphatic rings. The summed E-state index contributed by atoms with van der Waals surface area (Å²) in [5.74, 6) is 0.831. The molecule has 1 nitrogen and oxygen atoms in total. The Labute approximate surface area is 106 Å². The Morgan fingerprint density at radius 3 is 2.65 bits per heavy atom. The van der Waals surface area contributed by atoms with Gasteiger partial charge in [0, 0.05) is 27.5 Å². The molecule has 0 spiro atoms. The van der Waals surface area contributed by atoms with Gasteiger partial charge in [-0.25, -0.2) is 0 Å². The Bertz CT molecular complexity index is 508. The Balaban J connectivity index is 2.25. The van der Waals surface area contributed by atoms with E-state index in [0.29, 0.717) is 18.1 Å². The maximum atomic E-state index is 12.3. The van der Waals surface area contributed by atoms with Gasteiger partial charge in [0.2, 0.25) is 0 Å². The van der Waals surface area contributed by atoms with Crippen molar-refractivity contribution in [1.29, 1.82) is 0 Å². The molecule has 2 aromatic rings. The van der Waals surface area contributed by atoms with Crippen molar-refractivity contribution in [2.45, 2.75) is 33.1 Å². The lowest BCUT2D eigenvalue weighted by Crippen LogP contribution is -2.06. The standard InChI is InChI=1S/C15H18OS/c1-3-11(4-2)9-14(16)13-10-17-15-8-6-5-7-12(13)15/h5-8,10-11H,3-4,9H2,1-2H3. The number of ketones is 1. The summed E-state index contributed by atoms with van der Waals surface area (Å²) in [6.45, 7) is 4.32. The SMILES string of the molecule is CCC(CC)CC(=O)c1csc2ccccc12. The number of benzene rings is 1. The fraction of sp³-hybridized carbons (Fsp3) is 0.400. The van der Waals surface area contributed by atoms with Crippen LogP contribution in [-0.4, -0.2) is 5.78 Å². The topological polar surface area (TPSA) is 17.1 Å². The van der Waals surface area contributed by atoms with E-state index in [4.69, 9.17) is 0 Å². The van der Waals surface area contributed by atoms with Gasteiger partial charge in [-0.15, -0.1) is 11.3 Å². The molecule has 0 aliphatic heterocycles. The average molecular weight is 246 g/mol. The summed E-state index contributed by atoms with van der Waals surface area (Å²) in [7, 11) is 0. The molecule has 1 heterocycles. The van der Waals surface area contributed by atoms with Crippen LogP contribution >= 0.6 is 11.3 Å². The molecule has 17 heavy (non-hydrogen) atoms. The van der Waals surface area contributed by atoms with E-state index in [-0.39, 0.29) is 0 Å². The highest BCUT2D eigenvalue weighted by molar-refractivity contribution is 7.17. The molecule has 0 fully saturated rings. The zero-order valence-corrected chi connectivity index (χ0v) is 11.2. The highest BCUT2D eigenvalue weighted by Crippen LogP contribution is 2.28. The summed E-state index contributed by atoms with van der Waals surface area (Å²) in [6, 6.07) is 8.15. The molecule has 0 unspecified atom stereocenters. The van der Waals surface area contributed by atoms with Gasteiger partial charge in [0.05, 0.1) is 0 Å². The molecule has 0 N–H and O–H groups in total. The maximum absolute atomic E-state index is 12.3. The number of hydrogen-bond acceptors (Lipinski definition) is 2. The first-order chi connectivity index (χ1) is 8.26. The van der Waals surface area contributed by atoms with Crippen LogP contribution in [0.15, 0.2) is 29.6 Å². The number of carbonyl (C=O) groups is 1. The maximum Gasteiger partial charge on any atom is 0.164 e. The molecule has 2 rings (SSSR count). The second kappa shape index (κ2) is 5.46. The average Bonchev–Trinajstić information content (AvgIpc) is 2.79. The number of rotatable bonds is 5. The van der Waals surface area contributed by atoms with Crippen LogP contribution in [0.3, 0.4) is 0 Å². The lowest BCUT2D eigenvalue weighted by Gasteiger charge is -2.10. The van der Waals surface area contributed by atoms with E-state index < -0.39 is 0 Å². The minimum atomic E-state index is 0.302. The van der Waals surface area contributed by atoms with Crippen molar-refractivity contribution in [1.82, 2.24) is 0 Å². The van der Waals surface area contributed by atoms with Gasteiger partial charge in [0.25, 0.3) is 0 Å². The molecule has 0 amide bonds. The molecule has 0 bridgehead atoms. The van der Waals surface area contributed by atoms with Crippen LogP contribution in [0.1, 0.15) is 43.5 Å². The summed E-state index contributed by atoms with van der Waals surface area (Å²) in [6.07, 6.45) is 2.86. The zero-order valence-electron chi connectivity index (χ0n) is 10.4. The zero-order chi connectivity index (χ0) is 12.3. The Morgan fingerprint density at radius 2 is 1.94 bits per heavy atom. The number of thiophene rings is 1. The first-order valence-corrected chi connectivity index (χ1v) is 7.13. The summed E-state index contributed by atoms with van der Waals surface area (Å²) in [4.78, 5) is 12.3. The number of Topliss-reactive ketones (excluding diaryl/α,β-unsaturated/α-hetero) is 1. The fourth-order valence-corrected chi connectivity index (χ4v) is 3.11. The van der Waals surface area contributed by atoms with E-state index in [1.165, 1.54) is 4.70 Å². The Morgan fingerprint density at radius 1 is 1.24 bits per heavy atom. The summed E-state index contributed by atoms with van der Waals surface area (Å²) < 4.78 is 1.21. The van der Waals surface area contributed by atoms with Crippen LogP contribution in [0.5, 0.6) is 0 Å². The van der Waals surface area contributed by atoms with Crippen LogP contribution in [0.25, 0.3) is 10.1 Å². The summed E-state index contributed by atoms with van der Waals surface area (Å²) in [5.41, 5.74) is 0.914. The second-order valence-corrected chi connectivity index (χ2v) is 5.37. The van der Waals surface area contributed by atoms with Gasteiger partial charge in [-0.2, -0.15) is 0 Å². The van der Waals surface area contributed by atoms with Crippen molar-refractivity contribution in [3.8, 4) is 0 Å². The first kappa shape index (κ1) is 12.3. The normalized spacial score (nSPS) is 11.2. The van der Waals surface area contributed by atoms with Gasteiger partial charge in [0.15, 0.2) is 5.78 Å². The van der Waals surface area contributed by atoms with Crippen molar-refractivity contribution in [2.75, 3.05) is 0 Å². The van der Waals surface area contributed by atoms with Gasteiger partial charge < -0.3 is 0 Å². The van der Waals surface area contributed by atoms with Crippen LogP contribution in [0, 0.1) is 5.92 Å². The molecule has 0 radical (unpaired) electrons. The third kappa shape index (κ3) is 2.58. The highest BCUT2D eigenvalue weighted by Gasteiger charge is 2.15. The number of fused-ring (bicyclic) bond motifs is 1. The smallest absolute Gasteiger partial charge is 0.164 e. The number of hydrogen-bond donors (Lipinski definition) is 0. The van der Waals surface area contributed by atoms with Crippen molar-refractivity contribution in [2.24, 2.45) is 5.92 Å². The minimum absolute atomic E-state index is 0.302. The molecule has 1 aromatic heterocycles. The lowest BCUT2D eigenvalue weighted by atomic mass is 9.94. The van der Waals surface area contributed by atoms with E-state index in [1.807, 2.05) is 23.6 Å². The van der Waals surface area contributed by atoms with Crippen LogP contribution in [0.4, 0.5) is 0 Å². The minimum Gasteiger partial charge on any atom is -0.294 e. The Hall–Kier alpha value is -1.15. The van der Waals surface area contributed by atoms with Gasteiger partial charge in [0.1, 0.15) is 0 Å². The molecular weight excluding hydrogens is 228 g/mol. The highest BCUT2D eigenvalue weighted by atomic mass is 32.1. The van der Waals surface area contributed by atoms with Gasteiger partial charge in [-0.05, 0) is 12.0 Å². The molecular formula is C15H18OS. The van der Waals surface area contributed by atoms with Gasteiger partial charge in [-0.3, -0.25) is 4.79 Å². The molecule has 90 valence electrons. The van der Waals surface area contributed by atoms with Crippen LogP contribution < -0.4 is 0 Å². The summed E-state index contributed by atoms with van der Waals surface area (Å²) >= 11 is 1.66. The van der Waals surface area contributed by atoms with Crippen molar-refractivity contribution in [3.05, 3.63) is 35.2 Å². The molecule has 0 atom stereocenters. The number of carbonyl (C=O) groups excluding carboxylic acids is 1. The molecule has 2 heteroatoms. The molecule has 0 saturated heterocycles. The largest absolute Gasteiger partial charge is 0.294 e. The monoisotopic (exact) mass is 246 g/mol. The molecule has 1 aromatic carbocycles. The third-order valence-electron chi connectivity index (χ3n) is 3.41. The van der Waals surface area contributed by atoms with E-state index in [0.717, 1.165) is 23.8 Å². The predicted molar refractivity (Wildman–Crippen MR) is 74.8 cm³/mol. The van der Waals surface area contributed by atoms with Crippen molar-refractivity contribution in [3.63, 3.8) is 0 Å². The Kier molecular flexibility index (Phi) is 3.95. The first-order valence-electron chi connectivity index (χ1n) is 6.25. The molecule has 0 saturated carbocycles. The summed E-state index contributed by atoms with van der Waals surface area (Å²) in [5, 5.41) is 3.13. The van der Waals surface area contributed by atoms with Gasteiger partial charge in [-0.1, -0.05) is 44.9 Å². The third-order valence-corrected chi connectivity index (χ3v) is 4.37. The van der Waals surface area contributed by atoms with Crippen molar-refractivity contribution < 1.29 is 4.79 Å². The fourth-order valence-electron chi connectivity index (χ4n) is 2.14. The predicted octanol–water partition coefficient (Wildman–Crippen LogP) is 4.91.